The minimum atomic E-state index is -0.322. The second kappa shape index (κ2) is 6.05. The van der Waals surface area contributed by atoms with E-state index in [1.165, 1.54) is 6.07 Å². The van der Waals surface area contributed by atoms with E-state index in [2.05, 4.69) is 27.9 Å². The number of nitrogens with one attached hydrogen (secondary N) is 1. The summed E-state index contributed by atoms with van der Waals surface area (Å²) < 4.78 is 0.885. The van der Waals surface area contributed by atoms with E-state index < -0.39 is 0 Å². The molecule has 0 aromatic heterocycles. The number of hydrogen-bond donors (Lipinski definition) is 3. The molecule has 5 heteroatoms. The molecule has 1 rings (SSSR count). The van der Waals surface area contributed by atoms with E-state index in [0.717, 1.165) is 3.57 Å². The number of aliphatic hydroxyl groups excluding tert-OH is 1. The fourth-order valence-corrected chi connectivity index (χ4v) is 1.75. The van der Waals surface area contributed by atoms with Crippen LogP contribution in [0.2, 0.25) is 0 Å². The summed E-state index contributed by atoms with van der Waals surface area (Å²) in [7, 11) is 0. The molecule has 0 aliphatic rings. The molecular formula is C11H14INO3. The second-order valence-corrected chi connectivity index (χ2v) is 4.79. The lowest BCUT2D eigenvalue weighted by atomic mass is 10.1. The minimum absolute atomic E-state index is 0.0275. The Kier molecular flexibility index (Phi) is 5.01. The molecule has 0 saturated carbocycles. The molecule has 0 aliphatic carbocycles. The first-order chi connectivity index (χ1) is 7.54. The highest BCUT2D eigenvalue weighted by Crippen LogP contribution is 2.19. The zero-order chi connectivity index (χ0) is 12.1. The first-order valence-electron chi connectivity index (χ1n) is 4.95. The van der Waals surface area contributed by atoms with Crippen LogP contribution in [0.15, 0.2) is 18.2 Å². The molecule has 88 valence electrons. The van der Waals surface area contributed by atoms with Crippen molar-refractivity contribution >= 4 is 28.5 Å². The van der Waals surface area contributed by atoms with Gasteiger partial charge in [0.1, 0.15) is 5.75 Å². The Morgan fingerprint density at radius 2 is 2.25 bits per heavy atom. The molecule has 1 amide bonds. The molecule has 0 aliphatic heterocycles. The molecule has 16 heavy (non-hydrogen) atoms. The molecule has 0 fully saturated rings. The van der Waals surface area contributed by atoms with Gasteiger partial charge in [-0.05, 0) is 54.1 Å². The molecule has 0 saturated heterocycles. The molecule has 0 heterocycles. The molecule has 3 N–H and O–H groups in total. The largest absolute Gasteiger partial charge is 0.507 e. The highest BCUT2D eigenvalue weighted by Gasteiger charge is 2.13. The van der Waals surface area contributed by atoms with Gasteiger partial charge in [-0.1, -0.05) is 0 Å². The highest BCUT2D eigenvalue weighted by atomic mass is 127. The third kappa shape index (κ3) is 3.64. The molecule has 4 nitrogen and oxygen atoms in total. The van der Waals surface area contributed by atoms with Crippen LogP contribution in [0.4, 0.5) is 0 Å². The smallest absolute Gasteiger partial charge is 0.255 e. The molecule has 1 aromatic carbocycles. The van der Waals surface area contributed by atoms with Crippen LogP contribution in [0.1, 0.15) is 23.7 Å². The normalized spacial score (nSPS) is 12.2. The summed E-state index contributed by atoms with van der Waals surface area (Å²) in [5.74, 6) is -0.355. The summed E-state index contributed by atoms with van der Waals surface area (Å²) in [5.41, 5.74) is 0.261. The standard InChI is InChI=1S/C11H14INO3/c1-7(4-5-14)13-11(16)9-6-8(12)2-3-10(9)15/h2-3,6-7,14-15H,4-5H2,1H3,(H,13,16). The fourth-order valence-electron chi connectivity index (χ4n) is 1.26. The number of phenols is 1. The van der Waals surface area contributed by atoms with Gasteiger partial charge in [-0.15, -0.1) is 0 Å². The maximum Gasteiger partial charge on any atom is 0.255 e. The van der Waals surface area contributed by atoms with Crippen LogP contribution in [0.25, 0.3) is 0 Å². The van der Waals surface area contributed by atoms with Gasteiger partial charge >= 0.3 is 0 Å². The Morgan fingerprint density at radius 3 is 2.88 bits per heavy atom. The van der Waals surface area contributed by atoms with E-state index in [4.69, 9.17) is 5.11 Å². The van der Waals surface area contributed by atoms with Gasteiger partial charge in [0, 0.05) is 16.2 Å². The Hall–Kier alpha value is -0.820. The number of phenolic OH excluding ortho intramolecular Hbond substituents is 1. The van der Waals surface area contributed by atoms with Crippen LogP contribution in [0.5, 0.6) is 5.75 Å². The van der Waals surface area contributed by atoms with E-state index in [9.17, 15) is 9.90 Å². The molecule has 0 spiro atoms. The first-order valence-corrected chi connectivity index (χ1v) is 6.02. The quantitative estimate of drug-likeness (QED) is 0.731. The lowest BCUT2D eigenvalue weighted by Gasteiger charge is -2.13. The zero-order valence-electron chi connectivity index (χ0n) is 8.90. The van der Waals surface area contributed by atoms with E-state index in [0.29, 0.717) is 6.42 Å². The summed E-state index contributed by atoms with van der Waals surface area (Å²) in [6.07, 6.45) is 0.496. The molecular weight excluding hydrogens is 321 g/mol. The zero-order valence-corrected chi connectivity index (χ0v) is 11.1. The van der Waals surface area contributed by atoms with Crippen molar-refractivity contribution in [3.63, 3.8) is 0 Å². The highest BCUT2D eigenvalue weighted by molar-refractivity contribution is 14.1. The number of halogens is 1. The number of aliphatic hydroxyl groups is 1. The van der Waals surface area contributed by atoms with Crippen LogP contribution >= 0.6 is 22.6 Å². The third-order valence-electron chi connectivity index (χ3n) is 2.14. The van der Waals surface area contributed by atoms with Gasteiger partial charge in [-0.25, -0.2) is 0 Å². The Balaban J connectivity index is 2.76. The number of amides is 1. The van der Waals surface area contributed by atoms with Gasteiger partial charge in [0.25, 0.3) is 5.91 Å². The average Bonchev–Trinajstić information content (AvgIpc) is 2.21. The number of carbonyl (C=O) groups excluding carboxylic acids is 1. The number of carbonyl (C=O) groups is 1. The van der Waals surface area contributed by atoms with Gasteiger partial charge in [-0.2, -0.15) is 0 Å². The van der Waals surface area contributed by atoms with Gasteiger partial charge in [0.05, 0.1) is 5.56 Å². The van der Waals surface area contributed by atoms with Crippen molar-refractivity contribution in [3.8, 4) is 5.75 Å². The van der Waals surface area contributed by atoms with Gasteiger partial charge in [0.2, 0.25) is 0 Å². The average molecular weight is 335 g/mol. The predicted molar refractivity (Wildman–Crippen MR) is 69.5 cm³/mol. The SMILES string of the molecule is CC(CCO)NC(=O)c1cc(I)ccc1O. The summed E-state index contributed by atoms with van der Waals surface area (Å²) in [6.45, 7) is 1.83. The second-order valence-electron chi connectivity index (χ2n) is 3.55. The Bertz CT molecular complexity index is 381. The summed E-state index contributed by atoms with van der Waals surface area (Å²) >= 11 is 2.07. The van der Waals surface area contributed by atoms with Crippen LogP contribution in [0.3, 0.4) is 0 Å². The van der Waals surface area contributed by atoms with E-state index in [1.54, 1.807) is 19.1 Å². The van der Waals surface area contributed by atoms with E-state index in [1.807, 2.05) is 0 Å². The Morgan fingerprint density at radius 1 is 1.56 bits per heavy atom. The van der Waals surface area contributed by atoms with Crippen LogP contribution in [-0.2, 0) is 0 Å². The third-order valence-corrected chi connectivity index (χ3v) is 2.81. The number of aromatic hydroxyl groups is 1. The first kappa shape index (κ1) is 13.2. The van der Waals surface area contributed by atoms with Crippen LogP contribution in [-0.4, -0.2) is 28.8 Å². The predicted octanol–water partition coefficient (Wildman–Crippen LogP) is 1.50. The molecule has 1 unspecified atom stereocenters. The summed E-state index contributed by atoms with van der Waals surface area (Å²) in [5, 5.41) is 21.0. The van der Waals surface area contributed by atoms with Crippen molar-refractivity contribution in [2.75, 3.05) is 6.61 Å². The minimum Gasteiger partial charge on any atom is -0.507 e. The maximum absolute atomic E-state index is 11.7. The number of benzene rings is 1. The molecule has 0 radical (unpaired) electrons. The van der Waals surface area contributed by atoms with Crippen molar-refractivity contribution in [2.24, 2.45) is 0 Å². The van der Waals surface area contributed by atoms with E-state index in [-0.39, 0.29) is 29.9 Å². The monoisotopic (exact) mass is 335 g/mol. The van der Waals surface area contributed by atoms with Crippen LogP contribution < -0.4 is 5.32 Å². The van der Waals surface area contributed by atoms with E-state index >= 15 is 0 Å². The molecule has 0 bridgehead atoms. The Labute approximate surface area is 108 Å². The van der Waals surface area contributed by atoms with Crippen molar-refractivity contribution in [1.82, 2.24) is 5.32 Å². The van der Waals surface area contributed by atoms with Gasteiger partial charge < -0.3 is 15.5 Å². The van der Waals surface area contributed by atoms with Gasteiger partial charge in [-0.3, -0.25) is 4.79 Å². The van der Waals surface area contributed by atoms with Crippen molar-refractivity contribution in [2.45, 2.75) is 19.4 Å². The lowest BCUT2D eigenvalue weighted by Crippen LogP contribution is -2.33. The molecule has 1 aromatic rings. The lowest BCUT2D eigenvalue weighted by molar-refractivity contribution is 0.0931. The molecule has 1 atom stereocenters. The van der Waals surface area contributed by atoms with Gasteiger partial charge in [0.15, 0.2) is 0 Å². The van der Waals surface area contributed by atoms with Crippen molar-refractivity contribution < 1.29 is 15.0 Å². The van der Waals surface area contributed by atoms with Crippen LogP contribution in [0, 0.1) is 3.57 Å². The van der Waals surface area contributed by atoms with Crippen molar-refractivity contribution in [3.05, 3.63) is 27.3 Å². The topological polar surface area (TPSA) is 69.6 Å². The maximum atomic E-state index is 11.7. The summed E-state index contributed by atoms with van der Waals surface area (Å²) in [4.78, 5) is 11.7. The number of rotatable bonds is 4. The summed E-state index contributed by atoms with van der Waals surface area (Å²) in [6, 6.07) is 4.73. The fraction of sp³-hybridized carbons (Fsp3) is 0.364. The number of hydrogen-bond acceptors (Lipinski definition) is 3. The van der Waals surface area contributed by atoms with Crippen molar-refractivity contribution in [1.29, 1.82) is 0 Å².